The zero-order valence-corrected chi connectivity index (χ0v) is 15.5. The summed E-state index contributed by atoms with van der Waals surface area (Å²) in [4.78, 5) is 12.2. The van der Waals surface area contributed by atoms with Crippen molar-refractivity contribution in [3.8, 4) is 0 Å². The van der Waals surface area contributed by atoms with E-state index in [9.17, 15) is 13.6 Å². The SMILES string of the molecule is Cc1cc2c(cc1C)C(c1cccc(C3(C(F)(F)P)N=N3)c1)CC(=O)N2. The molecule has 0 spiro atoms. The Balaban J connectivity index is 1.79. The first kappa shape index (κ1) is 17.2. The third-order valence-electron chi connectivity index (χ3n) is 5.16. The number of nitrogens with one attached hydrogen (secondary N) is 1. The lowest BCUT2D eigenvalue weighted by Gasteiger charge is -2.28. The van der Waals surface area contributed by atoms with E-state index in [1.807, 2.05) is 26.0 Å². The van der Waals surface area contributed by atoms with Crippen molar-refractivity contribution in [3.63, 3.8) is 0 Å². The van der Waals surface area contributed by atoms with Gasteiger partial charge in [0.1, 0.15) is 0 Å². The van der Waals surface area contributed by atoms with Gasteiger partial charge in [-0.1, -0.05) is 39.6 Å². The van der Waals surface area contributed by atoms with Crippen molar-refractivity contribution in [2.24, 2.45) is 10.2 Å². The first-order chi connectivity index (χ1) is 12.2. The molecular formula is C19H18F2N3OP. The van der Waals surface area contributed by atoms with Crippen LogP contribution < -0.4 is 5.32 Å². The maximum Gasteiger partial charge on any atom is 0.310 e. The third kappa shape index (κ3) is 2.64. The fourth-order valence-electron chi connectivity index (χ4n) is 3.49. The van der Waals surface area contributed by atoms with Gasteiger partial charge in [0.15, 0.2) is 0 Å². The van der Waals surface area contributed by atoms with Crippen LogP contribution in [0, 0.1) is 13.8 Å². The molecule has 26 heavy (non-hydrogen) atoms. The Morgan fingerprint density at radius 1 is 1.19 bits per heavy atom. The fraction of sp³-hybridized carbons (Fsp3) is 0.316. The lowest BCUT2D eigenvalue weighted by molar-refractivity contribution is -0.116. The molecule has 4 rings (SSSR count). The van der Waals surface area contributed by atoms with E-state index in [0.717, 1.165) is 27.9 Å². The van der Waals surface area contributed by atoms with E-state index in [0.29, 0.717) is 5.56 Å². The number of hydrogen-bond acceptors (Lipinski definition) is 3. The molecule has 0 saturated heterocycles. The van der Waals surface area contributed by atoms with Gasteiger partial charge in [-0.3, -0.25) is 4.79 Å². The summed E-state index contributed by atoms with van der Waals surface area (Å²) in [5, 5.41) is 10.2. The topological polar surface area (TPSA) is 53.8 Å². The van der Waals surface area contributed by atoms with Gasteiger partial charge >= 0.3 is 5.66 Å². The molecular weight excluding hydrogens is 355 g/mol. The van der Waals surface area contributed by atoms with Gasteiger partial charge in [0.05, 0.1) is 0 Å². The van der Waals surface area contributed by atoms with E-state index >= 15 is 0 Å². The number of carbonyl (C=O) groups is 1. The number of carbonyl (C=O) groups excluding carboxylic acids is 1. The van der Waals surface area contributed by atoms with E-state index in [4.69, 9.17) is 0 Å². The van der Waals surface area contributed by atoms with Crippen LogP contribution in [-0.4, -0.2) is 11.6 Å². The van der Waals surface area contributed by atoms with Crippen molar-refractivity contribution in [2.45, 2.75) is 37.5 Å². The van der Waals surface area contributed by atoms with Crippen LogP contribution in [0.4, 0.5) is 14.5 Å². The van der Waals surface area contributed by atoms with Crippen molar-refractivity contribution in [2.75, 3.05) is 5.32 Å². The third-order valence-corrected chi connectivity index (χ3v) is 5.56. The standard InChI is InChI=1S/C19H18F2N3OP/c1-10-6-15-14(9-17(25)22-16(15)7-11(10)2)12-4-3-5-13(8-12)18(23-24-18)19(20,21)26/h3-8,14H,9,26H2,1-2H3,(H,22,25). The summed E-state index contributed by atoms with van der Waals surface area (Å²) in [6.45, 7) is 4.01. The van der Waals surface area contributed by atoms with Crippen molar-refractivity contribution < 1.29 is 13.6 Å². The number of rotatable bonds is 3. The molecule has 0 radical (unpaired) electrons. The number of fused-ring (bicyclic) bond motifs is 1. The Kier molecular flexibility index (Phi) is 3.74. The Morgan fingerprint density at radius 3 is 2.54 bits per heavy atom. The zero-order chi connectivity index (χ0) is 18.7. The molecule has 1 amide bonds. The number of hydrogen-bond donors (Lipinski definition) is 1. The molecule has 2 aliphatic rings. The Labute approximate surface area is 152 Å². The van der Waals surface area contributed by atoms with Crippen molar-refractivity contribution in [1.29, 1.82) is 0 Å². The lowest BCUT2D eigenvalue weighted by Crippen LogP contribution is -2.29. The minimum atomic E-state index is -3.15. The monoisotopic (exact) mass is 373 g/mol. The smallest absolute Gasteiger partial charge is 0.310 e. The molecule has 0 saturated carbocycles. The highest BCUT2D eigenvalue weighted by molar-refractivity contribution is 7.18. The number of aryl methyl sites for hydroxylation is 2. The molecule has 0 aromatic heterocycles. The van der Waals surface area contributed by atoms with E-state index < -0.39 is 11.3 Å². The van der Waals surface area contributed by atoms with Gasteiger partial charge < -0.3 is 5.32 Å². The minimum Gasteiger partial charge on any atom is -0.326 e. The zero-order valence-electron chi connectivity index (χ0n) is 14.4. The highest BCUT2D eigenvalue weighted by Gasteiger charge is 2.60. The summed E-state index contributed by atoms with van der Waals surface area (Å²) >= 11 is 0. The van der Waals surface area contributed by atoms with Crippen LogP contribution in [0.3, 0.4) is 0 Å². The van der Waals surface area contributed by atoms with Gasteiger partial charge in [-0.15, -0.1) is 10.2 Å². The fourth-order valence-corrected chi connectivity index (χ4v) is 3.77. The van der Waals surface area contributed by atoms with Gasteiger partial charge in [-0.25, -0.2) is 0 Å². The Hall–Kier alpha value is -2.20. The van der Waals surface area contributed by atoms with Gasteiger partial charge in [0, 0.05) is 23.6 Å². The maximum absolute atomic E-state index is 13.9. The molecule has 2 aliphatic heterocycles. The van der Waals surface area contributed by atoms with Crippen molar-refractivity contribution in [1.82, 2.24) is 0 Å². The number of nitrogens with zero attached hydrogens (tertiary/aromatic N) is 2. The summed E-state index contributed by atoms with van der Waals surface area (Å²) in [7, 11) is 1.52. The van der Waals surface area contributed by atoms with E-state index in [1.54, 1.807) is 18.2 Å². The molecule has 2 aromatic rings. The van der Waals surface area contributed by atoms with Crippen LogP contribution in [-0.2, 0) is 10.5 Å². The molecule has 0 fully saturated rings. The molecule has 2 heterocycles. The number of alkyl halides is 2. The van der Waals surface area contributed by atoms with Crippen molar-refractivity contribution in [3.05, 3.63) is 64.2 Å². The molecule has 2 atom stereocenters. The largest absolute Gasteiger partial charge is 0.326 e. The normalized spacial score (nSPS) is 20.5. The second kappa shape index (κ2) is 5.65. The van der Waals surface area contributed by atoms with Crippen molar-refractivity contribution >= 4 is 20.8 Å². The maximum atomic E-state index is 13.9. The summed E-state index contributed by atoms with van der Waals surface area (Å²) < 4.78 is 27.9. The summed E-state index contributed by atoms with van der Waals surface area (Å²) in [6.07, 6.45) is 0.275. The number of anilines is 1. The average Bonchev–Trinajstić information content (AvgIpc) is 3.37. The second-order valence-electron chi connectivity index (χ2n) is 6.95. The molecule has 2 unspecified atom stereocenters. The highest BCUT2D eigenvalue weighted by Crippen LogP contribution is 2.55. The predicted octanol–water partition coefficient (Wildman–Crippen LogP) is 4.86. The van der Waals surface area contributed by atoms with Gasteiger partial charge in [0.2, 0.25) is 5.91 Å². The van der Waals surface area contributed by atoms with Gasteiger partial charge in [-0.05, 0) is 42.2 Å². The Bertz CT molecular complexity index is 946. The molecule has 2 aromatic carbocycles. The lowest BCUT2D eigenvalue weighted by atomic mass is 9.82. The summed E-state index contributed by atoms with van der Waals surface area (Å²) in [5.74, 6) is -0.269. The Morgan fingerprint density at radius 2 is 1.88 bits per heavy atom. The molecule has 0 bridgehead atoms. The second-order valence-corrected chi connectivity index (χ2v) is 7.67. The molecule has 0 aliphatic carbocycles. The number of benzene rings is 2. The predicted molar refractivity (Wildman–Crippen MR) is 98.6 cm³/mol. The van der Waals surface area contributed by atoms with E-state index in [2.05, 4.69) is 21.6 Å². The number of halogens is 2. The first-order valence-corrected chi connectivity index (χ1v) is 8.91. The quantitative estimate of drug-likeness (QED) is 0.767. The first-order valence-electron chi connectivity index (χ1n) is 8.33. The van der Waals surface area contributed by atoms with E-state index in [-0.39, 0.29) is 18.2 Å². The van der Waals surface area contributed by atoms with Gasteiger partial charge in [0.25, 0.3) is 5.66 Å². The van der Waals surface area contributed by atoms with Crippen LogP contribution in [0.1, 0.15) is 40.2 Å². The number of amides is 1. The van der Waals surface area contributed by atoms with E-state index in [1.165, 1.54) is 9.24 Å². The average molecular weight is 373 g/mol. The molecule has 134 valence electrons. The highest BCUT2D eigenvalue weighted by atomic mass is 31.0. The van der Waals surface area contributed by atoms with Crippen LogP contribution in [0.15, 0.2) is 46.6 Å². The molecule has 1 N–H and O–H groups in total. The minimum absolute atomic E-state index is 0.0805. The van der Waals surface area contributed by atoms with Gasteiger partial charge in [-0.2, -0.15) is 8.78 Å². The van der Waals surface area contributed by atoms with Crippen LogP contribution in [0.5, 0.6) is 0 Å². The molecule has 7 heteroatoms. The molecule has 4 nitrogen and oxygen atoms in total. The van der Waals surface area contributed by atoms with Crippen LogP contribution in [0.2, 0.25) is 0 Å². The summed E-state index contributed by atoms with van der Waals surface area (Å²) in [5.41, 5.74) is 0.182. The van der Waals surface area contributed by atoms with Crippen LogP contribution in [0.25, 0.3) is 0 Å². The van der Waals surface area contributed by atoms with Crippen LogP contribution >= 0.6 is 9.24 Å². The summed E-state index contributed by atoms with van der Waals surface area (Å²) in [6, 6.07) is 10.9.